The Morgan fingerprint density at radius 1 is 0.661 bits per heavy atom. The Kier molecular flexibility index (Phi) is 11.4. The van der Waals surface area contributed by atoms with E-state index in [4.69, 9.17) is 19.4 Å². The van der Waals surface area contributed by atoms with Crippen molar-refractivity contribution < 1.29 is 28.7 Å². The molecule has 4 N–H and O–H groups in total. The summed E-state index contributed by atoms with van der Waals surface area (Å²) in [6.07, 6.45) is 11.4. The maximum Gasteiger partial charge on any atom is 0.407 e. The smallest absolute Gasteiger partial charge is 0.407 e. The Bertz CT molecular complexity index is 2150. The summed E-state index contributed by atoms with van der Waals surface area (Å²) in [5.41, 5.74) is 10.1. The summed E-state index contributed by atoms with van der Waals surface area (Å²) in [6, 6.07) is 7.09. The fourth-order valence-corrected chi connectivity index (χ4v) is 10.4. The standard InChI is InChI=1S/C45H58N8O6/c1-24(2)38(50-44(56)58-5)42(54)52-19-7-9-34(52)40-46-22-32(48-40)27-13-11-26(12-14-27)30-17-18-31(37-29-16-15-28(21-29)36(30)37)33-23-47-41(49-33)35-10-8-20-53(35)43(55)39(25(3)4)51-45(57)59-6/h11-14,22-25,28-29,34-35,38-39H,7-10,15-21H2,1-6H3,(H,46,48)(H,47,49)(H,50,56)(H,51,57). The lowest BCUT2D eigenvalue weighted by Gasteiger charge is -2.30. The molecule has 314 valence electrons. The van der Waals surface area contributed by atoms with E-state index < -0.39 is 24.3 Å². The van der Waals surface area contributed by atoms with Gasteiger partial charge in [0.2, 0.25) is 11.8 Å². The zero-order valence-electron chi connectivity index (χ0n) is 35.1. The lowest BCUT2D eigenvalue weighted by Crippen LogP contribution is -2.51. The molecule has 59 heavy (non-hydrogen) atoms. The Hall–Kier alpha value is -5.40. The number of nitrogens with zero attached hydrogens (tertiary/aromatic N) is 4. The van der Waals surface area contributed by atoms with Gasteiger partial charge in [0, 0.05) is 13.1 Å². The first-order valence-electron chi connectivity index (χ1n) is 21.4. The predicted molar refractivity (Wildman–Crippen MR) is 222 cm³/mol. The quantitative estimate of drug-likeness (QED) is 0.156. The number of imidazole rings is 2. The highest BCUT2D eigenvalue weighted by Crippen LogP contribution is 2.59. The molecule has 4 amide bonds. The van der Waals surface area contributed by atoms with Crippen LogP contribution in [-0.4, -0.2) is 93.1 Å². The van der Waals surface area contributed by atoms with Crippen molar-refractivity contribution in [3.63, 3.8) is 0 Å². The number of H-pyrrole nitrogens is 2. The Balaban J connectivity index is 1.01. The van der Waals surface area contributed by atoms with Crippen molar-refractivity contribution in [2.45, 2.75) is 110 Å². The number of hydrogen-bond donors (Lipinski definition) is 4. The highest BCUT2D eigenvalue weighted by atomic mass is 16.5. The summed E-state index contributed by atoms with van der Waals surface area (Å²) in [5.74, 6) is 2.24. The average molecular weight is 807 g/mol. The van der Waals surface area contributed by atoms with Crippen molar-refractivity contribution in [2.24, 2.45) is 23.7 Å². The summed E-state index contributed by atoms with van der Waals surface area (Å²) >= 11 is 0. The minimum atomic E-state index is -0.680. The number of nitrogens with one attached hydrogen (secondary N) is 4. The lowest BCUT2D eigenvalue weighted by atomic mass is 9.75. The number of fused-ring (bicyclic) bond motifs is 5. The number of carbonyl (C=O) groups excluding carboxylic acids is 4. The van der Waals surface area contributed by atoms with Gasteiger partial charge in [-0.3, -0.25) is 9.59 Å². The van der Waals surface area contributed by atoms with E-state index in [2.05, 4.69) is 44.9 Å². The van der Waals surface area contributed by atoms with E-state index in [-0.39, 0.29) is 35.7 Å². The van der Waals surface area contributed by atoms with E-state index in [1.54, 1.807) is 0 Å². The van der Waals surface area contributed by atoms with Gasteiger partial charge in [0.1, 0.15) is 23.7 Å². The molecular formula is C45H58N8O6. The van der Waals surface area contributed by atoms with Crippen LogP contribution in [0.2, 0.25) is 0 Å². The van der Waals surface area contributed by atoms with E-state index in [1.165, 1.54) is 61.3 Å². The number of ether oxygens (including phenoxy) is 2. The molecule has 2 aliphatic heterocycles. The molecule has 14 heteroatoms. The van der Waals surface area contributed by atoms with Gasteiger partial charge in [-0.15, -0.1) is 0 Å². The molecule has 4 heterocycles. The van der Waals surface area contributed by atoms with Crippen LogP contribution in [0.15, 0.2) is 47.8 Å². The predicted octanol–water partition coefficient (Wildman–Crippen LogP) is 7.32. The highest BCUT2D eigenvalue weighted by Gasteiger charge is 2.45. The fourth-order valence-electron chi connectivity index (χ4n) is 10.4. The molecule has 2 saturated heterocycles. The van der Waals surface area contributed by atoms with E-state index in [0.717, 1.165) is 67.1 Å². The number of alkyl carbamates (subject to hydrolysis) is 2. The number of carbonyl (C=O) groups is 4. The van der Waals surface area contributed by atoms with Crippen molar-refractivity contribution >= 4 is 35.1 Å². The summed E-state index contributed by atoms with van der Waals surface area (Å²) in [5, 5.41) is 5.47. The molecule has 3 aromatic rings. The third kappa shape index (κ3) is 7.66. The van der Waals surface area contributed by atoms with E-state index in [1.807, 2.05) is 49.9 Å². The number of allylic oxidation sites excluding steroid dienone is 4. The van der Waals surface area contributed by atoms with Crippen molar-refractivity contribution in [3.05, 3.63) is 70.7 Å². The molecule has 14 nitrogen and oxygen atoms in total. The minimum Gasteiger partial charge on any atom is -0.453 e. The number of hydrogen-bond acceptors (Lipinski definition) is 8. The first-order valence-corrected chi connectivity index (χ1v) is 21.4. The molecule has 0 radical (unpaired) electrons. The topological polar surface area (TPSA) is 175 Å². The van der Waals surface area contributed by atoms with Crippen molar-refractivity contribution in [2.75, 3.05) is 27.3 Å². The molecular weight excluding hydrogens is 749 g/mol. The number of rotatable bonds is 11. The third-order valence-electron chi connectivity index (χ3n) is 13.4. The second-order valence-corrected chi connectivity index (χ2v) is 17.5. The van der Waals surface area contributed by atoms with E-state index in [0.29, 0.717) is 24.9 Å². The average Bonchev–Trinajstić information content (AvgIpc) is 4.10. The molecule has 6 atom stereocenters. The minimum absolute atomic E-state index is 0.0922. The Labute approximate surface area is 346 Å². The number of benzene rings is 1. The van der Waals surface area contributed by atoms with Crippen LogP contribution in [0.3, 0.4) is 0 Å². The molecule has 1 aromatic carbocycles. The number of methoxy groups -OCH3 is 2. The van der Waals surface area contributed by atoms with Crippen LogP contribution < -0.4 is 10.6 Å². The van der Waals surface area contributed by atoms with Crippen LogP contribution in [0, 0.1) is 23.7 Å². The second kappa shape index (κ2) is 16.7. The van der Waals surface area contributed by atoms with Gasteiger partial charge in [-0.2, -0.15) is 0 Å². The summed E-state index contributed by atoms with van der Waals surface area (Å²) in [6.45, 7) is 8.92. The Morgan fingerprint density at radius 3 is 1.63 bits per heavy atom. The lowest BCUT2D eigenvalue weighted by molar-refractivity contribution is -0.136. The van der Waals surface area contributed by atoms with E-state index in [9.17, 15) is 19.2 Å². The maximum atomic E-state index is 13.8. The van der Waals surface area contributed by atoms with Gasteiger partial charge in [-0.05, 0) is 115 Å². The van der Waals surface area contributed by atoms with Crippen LogP contribution in [0.1, 0.15) is 120 Å². The summed E-state index contributed by atoms with van der Waals surface area (Å²) in [7, 11) is 2.61. The van der Waals surface area contributed by atoms with Crippen molar-refractivity contribution in [3.8, 4) is 11.3 Å². The van der Waals surface area contributed by atoms with Crippen molar-refractivity contribution in [1.29, 1.82) is 0 Å². The number of likely N-dealkylation sites (tertiary alicyclic amines) is 2. The monoisotopic (exact) mass is 806 g/mol. The van der Waals surface area contributed by atoms with E-state index >= 15 is 0 Å². The zero-order chi connectivity index (χ0) is 41.5. The molecule has 2 saturated carbocycles. The fraction of sp³-hybridized carbons (Fsp3) is 0.556. The highest BCUT2D eigenvalue weighted by molar-refractivity contribution is 5.88. The number of aromatic amines is 2. The van der Waals surface area contributed by atoms with Crippen LogP contribution in [-0.2, 0) is 19.1 Å². The third-order valence-corrected chi connectivity index (χ3v) is 13.4. The van der Waals surface area contributed by atoms with Gasteiger partial charge in [0.15, 0.2) is 0 Å². The number of amides is 4. The van der Waals surface area contributed by atoms with Gasteiger partial charge in [-0.1, -0.05) is 52.0 Å². The van der Waals surface area contributed by atoms with Crippen LogP contribution in [0.4, 0.5) is 9.59 Å². The Morgan fingerprint density at radius 2 is 1.12 bits per heavy atom. The van der Waals surface area contributed by atoms with Gasteiger partial charge < -0.3 is 39.9 Å². The normalized spacial score (nSPS) is 23.6. The summed E-state index contributed by atoms with van der Waals surface area (Å²) < 4.78 is 9.60. The molecule has 6 unspecified atom stereocenters. The van der Waals surface area contributed by atoms with Gasteiger partial charge >= 0.3 is 12.2 Å². The first kappa shape index (κ1) is 40.4. The SMILES string of the molecule is COC(=O)NC(C(=O)N1CCCC1c1ncc(C2=C3C(=C(c4ccc(-c5cnc(C6CCCN6C(=O)C(NC(=O)OC)C(C)C)[nH]5)cc4)CC2)C2CCC3C2)[nH]1)C(C)C. The van der Waals surface area contributed by atoms with Gasteiger partial charge in [0.05, 0.1) is 50.1 Å². The molecule has 2 bridgehead atoms. The molecule has 0 spiro atoms. The largest absolute Gasteiger partial charge is 0.453 e. The molecule has 3 aliphatic carbocycles. The second-order valence-electron chi connectivity index (χ2n) is 17.5. The van der Waals surface area contributed by atoms with Crippen LogP contribution >= 0.6 is 0 Å². The maximum absolute atomic E-state index is 13.8. The molecule has 8 rings (SSSR count). The molecule has 4 fully saturated rings. The number of aromatic nitrogens is 4. The zero-order valence-corrected chi connectivity index (χ0v) is 35.1. The van der Waals surface area contributed by atoms with Gasteiger partial charge in [-0.25, -0.2) is 19.6 Å². The summed E-state index contributed by atoms with van der Waals surface area (Å²) in [4.78, 5) is 72.1. The first-order chi connectivity index (χ1) is 28.5. The van der Waals surface area contributed by atoms with Crippen LogP contribution in [0.25, 0.3) is 22.4 Å². The van der Waals surface area contributed by atoms with Crippen LogP contribution in [0.5, 0.6) is 0 Å². The molecule has 5 aliphatic rings. The van der Waals surface area contributed by atoms with Gasteiger partial charge in [0.25, 0.3) is 0 Å². The van der Waals surface area contributed by atoms with Crippen molar-refractivity contribution in [1.82, 2.24) is 40.4 Å². The molecule has 2 aromatic heterocycles.